The van der Waals surface area contributed by atoms with E-state index in [4.69, 9.17) is 4.74 Å². The minimum atomic E-state index is -0.805. The molecule has 3 heterocycles. The van der Waals surface area contributed by atoms with E-state index in [9.17, 15) is 9.90 Å². The van der Waals surface area contributed by atoms with Gasteiger partial charge in [-0.1, -0.05) is 0 Å². The smallest absolute Gasteiger partial charge is 0.261 e. The van der Waals surface area contributed by atoms with E-state index < -0.39 is 5.60 Å². The lowest BCUT2D eigenvalue weighted by Gasteiger charge is -2.31. The molecule has 20 heavy (non-hydrogen) atoms. The minimum absolute atomic E-state index is 0.0608. The number of carbonyl (C=O) groups is 1. The zero-order chi connectivity index (χ0) is 14.0. The maximum absolute atomic E-state index is 12.2. The van der Waals surface area contributed by atoms with Gasteiger partial charge in [-0.3, -0.25) is 4.79 Å². The molecule has 0 aliphatic carbocycles. The van der Waals surface area contributed by atoms with Crippen LogP contribution in [0.15, 0.2) is 6.07 Å². The highest BCUT2D eigenvalue weighted by atomic mass is 32.2. The molecule has 0 unspecified atom stereocenters. The van der Waals surface area contributed by atoms with Crippen molar-refractivity contribution < 1.29 is 14.6 Å². The highest BCUT2D eigenvalue weighted by Gasteiger charge is 2.30. The Morgan fingerprint density at radius 2 is 2.25 bits per heavy atom. The molecule has 0 bridgehead atoms. The normalized spacial score (nSPS) is 21.2. The number of hydrogen-bond acceptors (Lipinski definition) is 5. The van der Waals surface area contributed by atoms with Crippen molar-refractivity contribution in [2.45, 2.75) is 30.6 Å². The standard InChI is InChI=1S/C14H19NO3S2/c16-13(15-9-14(17)2-4-18-5-3-14)12-7-10-8-19-6-1-11(10)20-12/h7,17H,1-6,8-9H2,(H,15,16). The Hall–Kier alpha value is -0.560. The van der Waals surface area contributed by atoms with Crippen molar-refractivity contribution in [3.8, 4) is 0 Å². The van der Waals surface area contributed by atoms with Gasteiger partial charge in [0.05, 0.1) is 10.5 Å². The summed E-state index contributed by atoms with van der Waals surface area (Å²) in [5, 5.41) is 13.2. The summed E-state index contributed by atoms with van der Waals surface area (Å²) in [5.74, 6) is 2.10. The molecule has 0 aromatic carbocycles. The van der Waals surface area contributed by atoms with Gasteiger partial charge in [0.1, 0.15) is 0 Å². The zero-order valence-corrected chi connectivity index (χ0v) is 12.9. The first kappa shape index (κ1) is 14.4. The van der Waals surface area contributed by atoms with Gasteiger partial charge in [0.2, 0.25) is 0 Å². The van der Waals surface area contributed by atoms with E-state index in [0.29, 0.717) is 32.6 Å². The molecule has 110 valence electrons. The fourth-order valence-electron chi connectivity index (χ4n) is 2.52. The number of ether oxygens (including phenoxy) is 1. The molecule has 6 heteroatoms. The van der Waals surface area contributed by atoms with Crippen LogP contribution in [0.3, 0.4) is 0 Å². The van der Waals surface area contributed by atoms with Gasteiger partial charge in [0.15, 0.2) is 0 Å². The van der Waals surface area contributed by atoms with Crippen LogP contribution in [0.5, 0.6) is 0 Å². The van der Waals surface area contributed by atoms with Crippen LogP contribution in [0, 0.1) is 0 Å². The molecule has 0 saturated carbocycles. The second-order valence-electron chi connectivity index (χ2n) is 5.38. The van der Waals surface area contributed by atoms with Crippen LogP contribution < -0.4 is 5.32 Å². The Balaban J connectivity index is 1.60. The third-order valence-corrected chi connectivity index (χ3v) is 6.10. The molecule has 1 aromatic rings. The molecule has 1 aromatic heterocycles. The number of thioether (sulfide) groups is 1. The summed E-state index contributed by atoms with van der Waals surface area (Å²) in [7, 11) is 0. The first-order chi connectivity index (χ1) is 9.66. The average Bonchev–Trinajstić information content (AvgIpc) is 2.89. The highest BCUT2D eigenvalue weighted by molar-refractivity contribution is 7.98. The van der Waals surface area contributed by atoms with E-state index >= 15 is 0 Å². The van der Waals surface area contributed by atoms with E-state index in [1.807, 2.05) is 17.8 Å². The summed E-state index contributed by atoms with van der Waals surface area (Å²) >= 11 is 3.52. The van der Waals surface area contributed by atoms with Gasteiger partial charge in [-0.2, -0.15) is 11.8 Å². The molecule has 0 radical (unpaired) electrons. The molecule has 3 rings (SSSR count). The van der Waals surface area contributed by atoms with Crippen molar-refractivity contribution in [3.05, 3.63) is 21.4 Å². The largest absolute Gasteiger partial charge is 0.388 e. The number of thiophene rings is 1. The first-order valence-corrected chi connectivity index (χ1v) is 8.91. The summed E-state index contributed by atoms with van der Waals surface area (Å²) in [6.45, 7) is 1.44. The molecule has 0 atom stereocenters. The average molecular weight is 313 g/mol. The van der Waals surface area contributed by atoms with Gasteiger partial charge in [0, 0.05) is 43.2 Å². The van der Waals surface area contributed by atoms with Crippen molar-refractivity contribution in [2.24, 2.45) is 0 Å². The van der Waals surface area contributed by atoms with Gasteiger partial charge in [-0.25, -0.2) is 0 Å². The number of nitrogens with one attached hydrogen (secondary N) is 1. The van der Waals surface area contributed by atoms with Crippen molar-refractivity contribution in [1.29, 1.82) is 0 Å². The van der Waals surface area contributed by atoms with E-state index in [-0.39, 0.29) is 5.91 Å². The molecule has 4 nitrogen and oxygen atoms in total. The first-order valence-electron chi connectivity index (χ1n) is 6.94. The summed E-state index contributed by atoms with van der Waals surface area (Å²) in [5.41, 5.74) is 0.502. The Bertz CT molecular complexity index is 471. The molecular weight excluding hydrogens is 294 g/mol. The predicted molar refractivity (Wildman–Crippen MR) is 81.5 cm³/mol. The predicted octanol–water partition coefficient (Wildman–Crippen LogP) is 1.81. The molecule has 1 amide bonds. The number of aryl methyl sites for hydroxylation is 1. The van der Waals surface area contributed by atoms with E-state index in [1.165, 1.54) is 10.4 Å². The SMILES string of the molecule is O=C(NCC1(O)CCOCC1)c1cc2c(s1)CCSC2. The van der Waals surface area contributed by atoms with E-state index in [1.54, 1.807) is 11.3 Å². The van der Waals surface area contributed by atoms with Crippen molar-refractivity contribution >= 4 is 29.0 Å². The second-order valence-corrected chi connectivity index (χ2v) is 7.62. The zero-order valence-electron chi connectivity index (χ0n) is 11.3. The fourth-order valence-corrected chi connectivity index (χ4v) is 4.81. The molecule has 1 saturated heterocycles. The summed E-state index contributed by atoms with van der Waals surface area (Å²) in [6, 6.07) is 2.01. The van der Waals surface area contributed by atoms with Crippen molar-refractivity contribution in [3.63, 3.8) is 0 Å². The van der Waals surface area contributed by atoms with Gasteiger partial charge in [0.25, 0.3) is 5.91 Å². The van der Waals surface area contributed by atoms with Crippen LogP contribution in [-0.4, -0.2) is 42.1 Å². The molecule has 0 spiro atoms. The molecule has 1 fully saturated rings. The van der Waals surface area contributed by atoms with Crippen LogP contribution in [0.2, 0.25) is 0 Å². The quantitative estimate of drug-likeness (QED) is 0.893. The van der Waals surface area contributed by atoms with E-state index in [0.717, 1.165) is 22.8 Å². The molecular formula is C14H19NO3S2. The van der Waals surface area contributed by atoms with Gasteiger partial charge in [-0.05, 0) is 23.8 Å². The van der Waals surface area contributed by atoms with Gasteiger partial charge >= 0.3 is 0 Å². The number of carbonyl (C=O) groups excluding carboxylic acids is 1. The van der Waals surface area contributed by atoms with Gasteiger partial charge in [-0.15, -0.1) is 11.3 Å². The fraction of sp³-hybridized carbons (Fsp3) is 0.643. The minimum Gasteiger partial charge on any atom is -0.388 e. The Morgan fingerprint density at radius 1 is 1.45 bits per heavy atom. The number of rotatable bonds is 3. The Kier molecular flexibility index (Phi) is 4.35. The lowest BCUT2D eigenvalue weighted by molar-refractivity contribution is -0.0605. The monoisotopic (exact) mass is 313 g/mol. The van der Waals surface area contributed by atoms with Crippen LogP contribution in [0.25, 0.3) is 0 Å². The van der Waals surface area contributed by atoms with Crippen LogP contribution in [-0.2, 0) is 16.9 Å². The maximum Gasteiger partial charge on any atom is 0.261 e. The summed E-state index contributed by atoms with van der Waals surface area (Å²) in [6.07, 6.45) is 2.24. The third-order valence-electron chi connectivity index (χ3n) is 3.85. The van der Waals surface area contributed by atoms with E-state index in [2.05, 4.69) is 5.32 Å². The number of aliphatic hydroxyl groups is 1. The molecule has 2 aliphatic rings. The van der Waals surface area contributed by atoms with Crippen LogP contribution >= 0.6 is 23.1 Å². The number of amides is 1. The molecule has 2 aliphatic heterocycles. The molecule has 2 N–H and O–H groups in total. The van der Waals surface area contributed by atoms with Crippen molar-refractivity contribution in [2.75, 3.05) is 25.5 Å². The van der Waals surface area contributed by atoms with Crippen LogP contribution in [0.1, 0.15) is 33.0 Å². The maximum atomic E-state index is 12.2. The lowest BCUT2D eigenvalue weighted by Crippen LogP contribution is -2.46. The Labute approximate surface area is 126 Å². The second kappa shape index (κ2) is 6.05. The summed E-state index contributed by atoms with van der Waals surface area (Å²) < 4.78 is 5.24. The van der Waals surface area contributed by atoms with Crippen LogP contribution in [0.4, 0.5) is 0 Å². The third kappa shape index (κ3) is 3.19. The van der Waals surface area contributed by atoms with Crippen molar-refractivity contribution in [1.82, 2.24) is 5.32 Å². The lowest BCUT2D eigenvalue weighted by atomic mass is 9.94. The Morgan fingerprint density at radius 3 is 3.00 bits per heavy atom. The summed E-state index contributed by atoms with van der Waals surface area (Å²) in [4.78, 5) is 14.3. The van der Waals surface area contributed by atoms with Gasteiger partial charge < -0.3 is 15.2 Å². The number of hydrogen-bond donors (Lipinski definition) is 2. The number of fused-ring (bicyclic) bond motifs is 1. The topological polar surface area (TPSA) is 58.6 Å². The highest BCUT2D eigenvalue weighted by Crippen LogP contribution is 2.31.